The molecule has 1 saturated heterocycles. The lowest BCUT2D eigenvalue weighted by atomic mass is 9.85. The predicted octanol–water partition coefficient (Wildman–Crippen LogP) is 4.99. The van der Waals surface area contributed by atoms with Gasteiger partial charge in [-0.1, -0.05) is 42.8 Å². The Labute approximate surface area is 138 Å². The van der Waals surface area contributed by atoms with Gasteiger partial charge < -0.3 is 10.2 Å². The van der Waals surface area contributed by atoms with Gasteiger partial charge in [0.2, 0.25) is 0 Å². The van der Waals surface area contributed by atoms with Crippen molar-refractivity contribution in [2.45, 2.75) is 53.1 Å². The molecule has 2 nitrogen and oxygen atoms in total. The van der Waals surface area contributed by atoms with E-state index in [1.807, 2.05) is 0 Å². The van der Waals surface area contributed by atoms with Crippen molar-refractivity contribution in [2.24, 2.45) is 11.8 Å². The maximum atomic E-state index is 3.65. The van der Waals surface area contributed by atoms with E-state index in [0.29, 0.717) is 12.1 Å². The second-order valence-corrected chi connectivity index (χ2v) is 7.61. The fourth-order valence-electron chi connectivity index (χ4n) is 3.58. The van der Waals surface area contributed by atoms with Gasteiger partial charge in [-0.15, -0.1) is 0 Å². The van der Waals surface area contributed by atoms with E-state index in [2.05, 4.69) is 79.0 Å². The Morgan fingerprint density at radius 3 is 2.71 bits per heavy atom. The molecule has 0 bridgehead atoms. The van der Waals surface area contributed by atoms with Crippen LogP contribution in [0.4, 0.5) is 5.69 Å². The Bertz CT molecular complexity index is 474. The summed E-state index contributed by atoms with van der Waals surface area (Å²) in [4.78, 5) is 2.62. The maximum absolute atomic E-state index is 3.65. The van der Waals surface area contributed by atoms with Crippen LogP contribution in [0.25, 0.3) is 0 Å². The highest BCUT2D eigenvalue weighted by Gasteiger charge is 2.30. The lowest BCUT2D eigenvalue weighted by Crippen LogP contribution is -2.46. The first-order valence-corrected chi connectivity index (χ1v) is 9.02. The summed E-state index contributed by atoms with van der Waals surface area (Å²) in [7, 11) is 0. The van der Waals surface area contributed by atoms with Gasteiger partial charge in [-0.25, -0.2) is 0 Å². The number of nitrogens with one attached hydrogen (secondary N) is 1. The molecule has 4 unspecified atom stereocenters. The van der Waals surface area contributed by atoms with Crippen LogP contribution in [0.15, 0.2) is 22.7 Å². The molecule has 21 heavy (non-hydrogen) atoms. The van der Waals surface area contributed by atoms with Crippen LogP contribution >= 0.6 is 15.9 Å². The number of hydrogen-bond acceptors (Lipinski definition) is 2. The molecule has 1 heterocycles. The highest BCUT2D eigenvalue weighted by molar-refractivity contribution is 9.10. The second kappa shape index (κ2) is 7.15. The molecular weight excluding hydrogens is 324 g/mol. The monoisotopic (exact) mass is 352 g/mol. The minimum atomic E-state index is 0.387. The zero-order chi connectivity index (χ0) is 15.6. The van der Waals surface area contributed by atoms with Crippen molar-refractivity contribution < 1.29 is 0 Å². The van der Waals surface area contributed by atoms with E-state index >= 15 is 0 Å². The minimum Gasteiger partial charge on any atom is -0.368 e. The number of rotatable bonds is 4. The average molecular weight is 353 g/mol. The van der Waals surface area contributed by atoms with Crippen LogP contribution in [-0.2, 0) is 0 Å². The first-order valence-electron chi connectivity index (χ1n) is 8.23. The average Bonchev–Trinajstić information content (AvgIpc) is 2.43. The van der Waals surface area contributed by atoms with Crippen LogP contribution < -0.4 is 10.2 Å². The zero-order valence-electron chi connectivity index (χ0n) is 14.0. The smallest absolute Gasteiger partial charge is 0.0428 e. The summed E-state index contributed by atoms with van der Waals surface area (Å²) >= 11 is 3.65. The number of piperidine rings is 1. The van der Waals surface area contributed by atoms with E-state index in [1.54, 1.807) is 0 Å². The lowest BCUT2D eigenvalue weighted by Gasteiger charge is -2.44. The van der Waals surface area contributed by atoms with Crippen molar-refractivity contribution in [1.29, 1.82) is 0 Å². The Hall–Kier alpha value is -0.540. The maximum Gasteiger partial charge on any atom is 0.0428 e. The molecule has 4 atom stereocenters. The molecule has 1 aromatic carbocycles. The first-order chi connectivity index (χ1) is 9.93. The summed E-state index contributed by atoms with van der Waals surface area (Å²) in [5, 5.41) is 3.56. The largest absolute Gasteiger partial charge is 0.368 e. The fourth-order valence-corrected chi connectivity index (χ4v) is 3.93. The highest BCUT2D eigenvalue weighted by atomic mass is 79.9. The molecule has 1 aliphatic rings. The van der Waals surface area contributed by atoms with E-state index in [0.717, 1.165) is 24.9 Å². The second-order valence-electron chi connectivity index (χ2n) is 6.69. The Balaban J connectivity index is 2.38. The normalized spacial score (nSPS) is 27.7. The van der Waals surface area contributed by atoms with E-state index < -0.39 is 0 Å². The van der Waals surface area contributed by atoms with Crippen LogP contribution in [0.5, 0.6) is 0 Å². The predicted molar refractivity (Wildman–Crippen MR) is 96.0 cm³/mol. The van der Waals surface area contributed by atoms with Crippen LogP contribution in [0.1, 0.15) is 52.6 Å². The highest BCUT2D eigenvalue weighted by Crippen LogP contribution is 2.36. The van der Waals surface area contributed by atoms with Crippen LogP contribution in [0, 0.1) is 11.8 Å². The van der Waals surface area contributed by atoms with Crippen molar-refractivity contribution in [3.63, 3.8) is 0 Å². The summed E-state index contributed by atoms with van der Waals surface area (Å²) < 4.78 is 1.17. The fraction of sp³-hybridized carbons (Fsp3) is 0.667. The van der Waals surface area contributed by atoms with Crippen LogP contribution in [-0.4, -0.2) is 19.1 Å². The Kier molecular flexibility index (Phi) is 5.73. The molecule has 1 aromatic rings. The molecule has 1 fully saturated rings. The van der Waals surface area contributed by atoms with Crippen LogP contribution in [0.2, 0.25) is 0 Å². The summed E-state index contributed by atoms with van der Waals surface area (Å²) in [5.41, 5.74) is 2.80. The van der Waals surface area contributed by atoms with E-state index in [4.69, 9.17) is 0 Å². The summed E-state index contributed by atoms with van der Waals surface area (Å²) in [5.74, 6) is 1.51. The van der Waals surface area contributed by atoms with Crippen molar-refractivity contribution in [1.82, 2.24) is 5.32 Å². The topological polar surface area (TPSA) is 15.3 Å². The molecule has 0 saturated carbocycles. The van der Waals surface area contributed by atoms with Gasteiger partial charge in [0, 0.05) is 28.8 Å². The van der Waals surface area contributed by atoms with Gasteiger partial charge in [0.05, 0.1) is 0 Å². The molecule has 0 radical (unpaired) electrons. The van der Waals surface area contributed by atoms with E-state index in [1.165, 1.54) is 22.1 Å². The standard InChI is InChI=1S/C18H29BrN2/c1-6-20-14(4)17-8-7-16(19)10-18(17)21-11-12(2)9-13(3)15(21)5/h7-8,10,12-15,20H,6,9,11H2,1-5H3. The Morgan fingerprint density at radius 2 is 2.05 bits per heavy atom. The molecule has 0 amide bonds. The van der Waals surface area contributed by atoms with Gasteiger partial charge in [0.15, 0.2) is 0 Å². The molecule has 1 aliphatic heterocycles. The molecule has 3 heteroatoms. The molecule has 118 valence electrons. The Morgan fingerprint density at radius 1 is 1.33 bits per heavy atom. The molecule has 0 spiro atoms. The van der Waals surface area contributed by atoms with Gasteiger partial charge in [0.1, 0.15) is 0 Å². The third kappa shape index (κ3) is 3.81. The zero-order valence-corrected chi connectivity index (χ0v) is 15.6. The van der Waals surface area contributed by atoms with Crippen molar-refractivity contribution in [3.8, 4) is 0 Å². The number of hydrogen-bond donors (Lipinski definition) is 1. The molecular formula is C18H29BrN2. The first kappa shape index (κ1) is 16.8. The number of benzene rings is 1. The van der Waals surface area contributed by atoms with Gasteiger partial charge in [-0.3, -0.25) is 0 Å². The van der Waals surface area contributed by atoms with E-state index in [-0.39, 0.29) is 0 Å². The van der Waals surface area contributed by atoms with Crippen LogP contribution in [0.3, 0.4) is 0 Å². The lowest BCUT2D eigenvalue weighted by molar-refractivity contribution is 0.296. The third-order valence-corrected chi connectivity index (χ3v) is 5.37. The summed E-state index contributed by atoms with van der Waals surface area (Å²) in [6, 6.07) is 7.71. The van der Waals surface area contributed by atoms with Gasteiger partial charge >= 0.3 is 0 Å². The van der Waals surface area contributed by atoms with Gasteiger partial charge in [0.25, 0.3) is 0 Å². The minimum absolute atomic E-state index is 0.387. The molecule has 2 rings (SSSR count). The number of nitrogens with zero attached hydrogens (tertiary/aromatic N) is 1. The molecule has 1 N–H and O–H groups in total. The van der Waals surface area contributed by atoms with Crippen molar-refractivity contribution in [2.75, 3.05) is 18.0 Å². The molecule has 0 aliphatic carbocycles. The van der Waals surface area contributed by atoms with Gasteiger partial charge in [-0.05, 0) is 56.3 Å². The van der Waals surface area contributed by atoms with E-state index in [9.17, 15) is 0 Å². The number of halogens is 1. The summed E-state index contributed by atoms with van der Waals surface area (Å²) in [6.07, 6.45) is 1.34. The van der Waals surface area contributed by atoms with Crippen molar-refractivity contribution >= 4 is 21.6 Å². The number of anilines is 1. The SMILES string of the molecule is CCNC(C)c1ccc(Br)cc1N1CC(C)CC(C)C1C. The van der Waals surface area contributed by atoms with Crippen molar-refractivity contribution in [3.05, 3.63) is 28.2 Å². The summed E-state index contributed by atoms with van der Waals surface area (Å²) in [6.45, 7) is 13.7. The third-order valence-electron chi connectivity index (χ3n) is 4.88. The quantitative estimate of drug-likeness (QED) is 0.820. The molecule has 0 aromatic heterocycles. The van der Waals surface area contributed by atoms with Gasteiger partial charge in [-0.2, -0.15) is 0 Å².